The summed E-state index contributed by atoms with van der Waals surface area (Å²) in [5.74, 6) is 0.0931. The van der Waals surface area contributed by atoms with Gasteiger partial charge in [0.1, 0.15) is 6.54 Å². The summed E-state index contributed by atoms with van der Waals surface area (Å²) in [5.41, 5.74) is 2.79. The van der Waals surface area contributed by atoms with Crippen LogP contribution in [0.4, 0.5) is 11.4 Å². The van der Waals surface area contributed by atoms with E-state index in [9.17, 15) is 14.9 Å². The molecule has 1 N–H and O–H groups in total. The van der Waals surface area contributed by atoms with Crippen molar-refractivity contribution in [1.29, 1.82) is 0 Å². The highest BCUT2D eigenvalue weighted by atomic mass is 16.6. The molecule has 3 rings (SSSR count). The molecule has 3 aromatic rings. The van der Waals surface area contributed by atoms with E-state index in [1.807, 2.05) is 24.3 Å². The van der Waals surface area contributed by atoms with E-state index in [4.69, 9.17) is 4.74 Å². The number of ether oxygens (including phenoxy) is 1. The van der Waals surface area contributed by atoms with Crippen LogP contribution in [0.1, 0.15) is 18.1 Å². The second-order valence-electron chi connectivity index (χ2n) is 6.34. The lowest BCUT2D eigenvalue weighted by atomic mass is 10.1. The van der Waals surface area contributed by atoms with Gasteiger partial charge in [0.05, 0.1) is 12.0 Å². The molecule has 0 aliphatic rings. The van der Waals surface area contributed by atoms with Gasteiger partial charge in [-0.15, -0.1) is 10.2 Å². The summed E-state index contributed by atoms with van der Waals surface area (Å²) < 4.78 is 5.04. The average molecular weight is 396 g/mol. The van der Waals surface area contributed by atoms with Gasteiger partial charge in [-0.25, -0.2) is 0 Å². The van der Waals surface area contributed by atoms with Gasteiger partial charge in [0.15, 0.2) is 5.75 Å². The minimum absolute atomic E-state index is 0.0626. The number of anilines is 1. The highest BCUT2D eigenvalue weighted by molar-refractivity contribution is 5.91. The molecule has 1 aromatic heterocycles. The Morgan fingerprint density at radius 3 is 2.62 bits per heavy atom. The molecule has 0 saturated carbocycles. The molecule has 150 valence electrons. The number of aromatic nitrogens is 4. The van der Waals surface area contributed by atoms with Crippen LogP contribution >= 0.6 is 0 Å². The van der Waals surface area contributed by atoms with Crippen LogP contribution < -0.4 is 10.1 Å². The average Bonchev–Trinajstić information content (AvgIpc) is 3.17. The van der Waals surface area contributed by atoms with Crippen molar-refractivity contribution in [3.05, 3.63) is 57.6 Å². The molecule has 2 aromatic carbocycles. The number of nitrogens with zero attached hydrogens (tertiary/aromatic N) is 5. The van der Waals surface area contributed by atoms with E-state index in [0.717, 1.165) is 12.0 Å². The molecular formula is C19H20N6O4. The summed E-state index contributed by atoms with van der Waals surface area (Å²) in [5, 5.41) is 25.9. The fourth-order valence-corrected chi connectivity index (χ4v) is 2.75. The van der Waals surface area contributed by atoms with Crippen molar-refractivity contribution >= 4 is 17.3 Å². The van der Waals surface area contributed by atoms with Gasteiger partial charge >= 0.3 is 5.69 Å². The monoisotopic (exact) mass is 396 g/mol. The molecule has 29 heavy (non-hydrogen) atoms. The zero-order valence-corrected chi connectivity index (χ0v) is 16.2. The van der Waals surface area contributed by atoms with Crippen molar-refractivity contribution in [2.45, 2.75) is 26.8 Å². The van der Waals surface area contributed by atoms with E-state index >= 15 is 0 Å². The molecule has 1 heterocycles. The Balaban J connectivity index is 1.71. The molecule has 0 saturated heterocycles. The van der Waals surface area contributed by atoms with Gasteiger partial charge < -0.3 is 10.1 Å². The number of rotatable bonds is 7. The molecular weight excluding hydrogens is 376 g/mol. The van der Waals surface area contributed by atoms with Gasteiger partial charge in [0.25, 0.3) is 0 Å². The molecule has 0 spiro atoms. The molecule has 0 atom stereocenters. The lowest BCUT2D eigenvalue weighted by Crippen LogP contribution is -2.21. The first-order valence-electron chi connectivity index (χ1n) is 8.91. The molecule has 0 radical (unpaired) electrons. The maximum Gasteiger partial charge on any atom is 0.311 e. The Labute approximate surface area is 166 Å². The highest BCUT2D eigenvalue weighted by Crippen LogP contribution is 2.32. The highest BCUT2D eigenvalue weighted by Gasteiger charge is 2.19. The third kappa shape index (κ3) is 4.54. The first-order valence-corrected chi connectivity index (χ1v) is 8.91. The second kappa shape index (κ2) is 8.46. The summed E-state index contributed by atoms with van der Waals surface area (Å²) in [4.78, 5) is 24.1. The fourth-order valence-electron chi connectivity index (χ4n) is 2.75. The maximum atomic E-state index is 12.4. The van der Waals surface area contributed by atoms with Crippen LogP contribution in [-0.4, -0.2) is 38.1 Å². The van der Waals surface area contributed by atoms with Crippen LogP contribution in [-0.2, 0) is 17.8 Å². The number of carbonyl (C=O) groups excluding carboxylic acids is 1. The largest absolute Gasteiger partial charge is 0.490 e. The fraction of sp³-hybridized carbons (Fsp3) is 0.263. The Morgan fingerprint density at radius 1 is 1.28 bits per heavy atom. The zero-order valence-electron chi connectivity index (χ0n) is 16.2. The SMILES string of the molecule is CCc1ccc(-c2nnn(CC(=O)Nc3cc(OC)c([N+](=O)[O-])cc3C)n2)cc1. The van der Waals surface area contributed by atoms with Crippen LogP contribution in [0, 0.1) is 17.0 Å². The molecule has 0 bridgehead atoms. The van der Waals surface area contributed by atoms with Crippen molar-refractivity contribution in [3.63, 3.8) is 0 Å². The second-order valence-corrected chi connectivity index (χ2v) is 6.34. The molecule has 1 amide bonds. The number of amides is 1. The summed E-state index contributed by atoms with van der Waals surface area (Å²) in [6.07, 6.45) is 0.938. The summed E-state index contributed by atoms with van der Waals surface area (Å²) in [6, 6.07) is 10.6. The number of nitrogens with one attached hydrogen (secondary N) is 1. The van der Waals surface area contributed by atoms with Crippen molar-refractivity contribution in [1.82, 2.24) is 20.2 Å². The smallest absolute Gasteiger partial charge is 0.311 e. The normalized spacial score (nSPS) is 10.6. The first-order chi connectivity index (χ1) is 13.9. The lowest BCUT2D eigenvalue weighted by molar-refractivity contribution is -0.385. The predicted octanol–water partition coefficient (Wildman–Crippen LogP) is 2.77. The Morgan fingerprint density at radius 2 is 2.00 bits per heavy atom. The standard InChI is InChI=1S/C19H20N6O4/c1-4-13-5-7-14(8-6-13)19-21-23-24(22-19)11-18(26)20-15-10-17(29-3)16(25(27)28)9-12(15)2/h5-10H,4,11H2,1-3H3,(H,20,26). The first kappa shape index (κ1) is 19.9. The lowest BCUT2D eigenvalue weighted by Gasteiger charge is -2.10. The van der Waals surface area contributed by atoms with Crippen LogP contribution in [0.15, 0.2) is 36.4 Å². The number of aryl methyl sites for hydroxylation is 2. The van der Waals surface area contributed by atoms with E-state index in [-0.39, 0.29) is 18.0 Å². The number of hydrogen-bond acceptors (Lipinski definition) is 7. The maximum absolute atomic E-state index is 12.4. The van der Waals surface area contributed by atoms with Gasteiger partial charge in [-0.3, -0.25) is 14.9 Å². The third-order valence-electron chi connectivity index (χ3n) is 4.35. The van der Waals surface area contributed by atoms with Gasteiger partial charge in [0.2, 0.25) is 11.7 Å². The van der Waals surface area contributed by atoms with E-state index in [1.54, 1.807) is 6.92 Å². The number of carbonyl (C=O) groups is 1. The molecule has 0 fully saturated rings. The topological polar surface area (TPSA) is 125 Å². The van der Waals surface area contributed by atoms with Crippen molar-refractivity contribution in [2.24, 2.45) is 0 Å². The quantitative estimate of drug-likeness (QED) is 0.481. The van der Waals surface area contributed by atoms with Gasteiger partial charge in [0, 0.05) is 23.4 Å². The number of nitro benzene ring substituents is 1. The van der Waals surface area contributed by atoms with Crippen LogP contribution in [0.5, 0.6) is 5.75 Å². The van der Waals surface area contributed by atoms with E-state index in [1.165, 1.54) is 29.6 Å². The van der Waals surface area contributed by atoms with Crippen molar-refractivity contribution in [3.8, 4) is 17.1 Å². The van der Waals surface area contributed by atoms with Crippen LogP contribution in [0.3, 0.4) is 0 Å². The number of hydrogen-bond donors (Lipinski definition) is 1. The Kier molecular flexibility index (Phi) is 5.82. The van der Waals surface area contributed by atoms with Gasteiger partial charge in [-0.2, -0.15) is 4.80 Å². The van der Waals surface area contributed by atoms with Crippen molar-refractivity contribution < 1.29 is 14.5 Å². The molecule has 10 heteroatoms. The minimum atomic E-state index is -0.536. The number of tetrazole rings is 1. The van der Waals surface area contributed by atoms with Gasteiger partial charge in [-0.1, -0.05) is 31.2 Å². The summed E-state index contributed by atoms with van der Waals surface area (Å²) in [6.45, 7) is 3.58. The third-order valence-corrected chi connectivity index (χ3v) is 4.35. The zero-order chi connectivity index (χ0) is 21.0. The molecule has 0 aliphatic carbocycles. The summed E-state index contributed by atoms with van der Waals surface area (Å²) in [7, 11) is 1.33. The summed E-state index contributed by atoms with van der Waals surface area (Å²) >= 11 is 0. The number of benzene rings is 2. The van der Waals surface area contributed by atoms with E-state index in [2.05, 4.69) is 27.7 Å². The van der Waals surface area contributed by atoms with E-state index < -0.39 is 10.8 Å². The minimum Gasteiger partial charge on any atom is -0.490 e. The Hall–Kier alpha value is -3.82. The van der Waals surface area contributed by atoms with Crippen LogP contribution in [0.25, 0.3) is 11.4 Å². The van der Waals surface area contributed by atoms with E-state index in [0.29, 0.717) is 17.1 Å². The molecule has 0 aliphatic heterocycles. The van der Waals surface area contributed by atoms with Crippen molar-refractivity contribution in [2.75, 3.05) is 12.4 Å². The number of nitro groups is 1. The van der Waals surface area contributed by atoms with Crippen LogP contribution in [0.2, 0.25) is 0 Å². The van der Waals surface area contributed by atoms with Gasteiger partial charge in [-0.05, 0) is 29.7 Å². The number of methoxy groups -OCH3 is 1. The predicted molar refractivity (Wildman–Crippen MR) is 106 cm³/mol. The Bertz CT molecular complexity index is 1050. The molecule has 10 nitrogen and oxygen atoms in total. The molecule has 0 unspecified atom stereocenters.